The summed E-state index contributed by atoms with van der Waals surface area (Å²) in [5.74, 6) is 0.588. The number of methoxy groups -OCH3 is 1. The molecule has 1 aromatic carbocycles. The minimum atomic E-state index is -0.505. The number of halogens is 2. The first-order valence-electron chi connectivity index (χ1n) is 4.18. The van der Waals surface area contributed by atoms with Crippen LogP contribution in [0.5, 0.6) is 5.75 Å². The van der Waals surface area contributed by atoms with Crippen LogP contribution in [0.1, 0.15) is 19.4 Å². The van der Waals surface area contributed by atoms with Crippen LogP contribution >= 0.6 is 23.2 Å². The molecule has 0 heterocycles. The Labute approximate surface area is 94.0 Å². The summed E-state index contributed by atoms with van der Waals surface area (Å²) in [5, 5.41) is 1.05. The third-order valence-electron chi connectivity index (χ3n) is 1.94. The fourth-order valence-corrected chi connectivity index (χ4v) is 1.88. The Morgan fingerprint density at radius 2 is 1.79 bits per heavy atom. The zero-order chi connectivity index (χ0) is 10.9. The van der Waals surface area contributed by atoms with Crippen molar-refractivity contribution in [2.75, 3.05) is 7.11 Å². The van der Waals surface area contributed by atoms with E-state index in [1.54, 1.807) is 19.2 Å². The van der Waals surface area contributed by atoms with Crippen molar-refractivity contribution in [2.45, 2.75) is 19.4 Å². The monoisotopic (exact) mass is 233 g/mol. The van der Waals surface area contributed by atoms with Gasteiger partial charge in [0.05, 0.1) is 12.1 Å². The maximum Gasteiger partial charge on any atom is 0.137 e. The smallest absolute Gasteiger partial charge is 0.137 e. The summed E-state index contributed by atoms with van der Waals surface area (Å²) in [5.41, 5.74) is 6.26. The molecule has 0 saturated carbocycles. The fourth-order valence-electron chi connectivity index (χ4n) is 1.18. The van der Waals surface area contributed by atoms with E-state index in [1.165, 1.54) is 0 Å². The molecular weight excluding hydrogens is 221 g/mol. The zero-order valence-corrected chi connectivity index (χ0v) is 9.91. The average molecular weight is 234 g/mol. The van der Waals surface area contributed by atoms with Gasteiger partial charge in [-0.15, -0.1) is 0 Å². The van der Waals surface area contributed by atoms with Gasteiger partial charge in [-0.25, -0.2) is 0 Å². The van der Waals surface area contributed by atoms with E-state index in [-0.39, 0.29) is 0 Å². The lowest BCUT2D eigenvalue weighted by Gasteiger charge is -2.21. The highest BCUT2D eigenvalue weighted by Gasteiger charge is 2.19. The molecule has 0 radical (unpaired) electrons. The molecule has 14 heavy (non-hydrogen) atoms. The Kier molecular flexibility index (Phi) is 3.30. The van der Waals surface area contributed by atoms with Crippen LogP contribution in [0.3, 0.4) is 0 Å². The van der Waals surface area contributed by atoms with Crippen molar-refractivity contribution < 1.29 is 4.74 Å². The van der Waals surface area contributed by atoms with Crippen molar-refractivity contribution in [3.63, 3.8) is 0 Å². The summed E-state index contributed by atoms with van der Waals surface area (Å²) in [4.78, 5) is 0. The van der Waals surface area contributed by atoms with Gasteiger partial charge >= 0.3 is 0 Å². The van der Waals surface area contributed by atoms with Gasteiger partial charge in [0.15, 0.2) is 0 Å². The van der Waals surface area contributed by atoms with Gasteiger partial charge in [0.25, 0.3) is 0 Å². The summed E-state index contributed by atoms with van der Waals surface area (Å²) >= 11 is 11.9. The first-order chi connectivity index (χ1) is 6.36. The Bertz CT molecular complexity index is 345. The van der Waals surface area contributed by atoms with E-state index >= 15 is 0 Å². The Morgan fingerprint density at radius 1 is 1.21 bits per heavy atom. The van der Waals surface area contributed by atoms with Crippen molar-refractivity contribution >= 4 is 23.2 Å². The van der Waals surface area contributed by atoms with Crippen LogP contribution in [-0.2, 0) is 5.54 Å². The van der Waals surface area contributed by atoms with Crippen molar-refractivity contribution in [1.29, 1.82) is 0 Å². The number of benzene rings is 1. The number of ether oxygens (including phenoxy) is 1. The van der Waals surface area contributed by atoms with E-state index in [0.717, 1.165) is 5.56 Å². The second kappa shape index (κ2) is 3.97. The average Bonchev–Trinajstić information content (AvgIpc) is 2.02. The molecule has 1 aromatic rings. The summed E-state index contributed by atoms with van der Waals surface area (Å²) in [6.07, 6.45) is 0. The highest BCUT2D eigenvalue weighted by atomic mass is 35.5. The lowest BCUT2D eigenvalue weighted by Crippen LogP contribution is -2.29. The van der Waals surface area contributed by atoms with Crippen molar-refractivity contribution in [2.24, 2.45) is 5.73 Å². The standard InChI is InChI=1S/C10H13Cl2NO/c1-10(2,13)6-4-9(14-3)8(12)5-7(6)11/h4-5H,13H2,1-3H3. The quantitative estimate of drug-likeness (QED) is 0.852. The number of hydrogen-bond acceptors (Lipinski definition) is 2. The summed E-state index contributed by atoms with van der Waals surface area (Å²) in [7, 11) is 1.56. The maximum atomic E-state index is 6.02. The summed E-state index contributed by atoms with van der Waals surface area (Å²) < 4.78 is 5.09. The second-order valence-corrected chi connectivity index (χ2v) is 4.50. The van der Waals surface area contributed by atoms with Crippen LogP contribution in [0, 0.1) is 0 Å². The molecule has 78 valence electrons. The lowest BCUT2D eigenvalue weighted by molar-refractivity contribution is 0.412. The molecule has 0 unspecified atom stereocenters. The van der Waals surface area contributed by atoms with Crippen molar-refractivity contribution in [3.8, 4) is 5.75 Å². The predicted octanol–water partition coefficient (Wildman–Crippen LogP) is 3.20. The van der Waals surface area contributed by atoms with E-state index in [0.29, 0.717) is 15.8 Å². The molecule has 0 fully saturated rings. The molecule has 0 bridgehead atoms. The van der Waals surface area contributed by atoms with E-state index in [1.807, 2.05) is 13.8 Å². The molecule has 0 aliphatic rings. The summed E-state index contributed by atoms with van der Waals surface area (Å²) in [6.45, 7) is 3.75. The van der Waals surface area contributed by atoms with Crippen LogP contribution in [0.15, 0.2) is 12.1 Å². The molecule has 0 amide bonds. The van der Waals surface area contributed by atoms with Gasteiger partial charge in [-0.05, 0) is 31.5 Å². The third kappa shape index (κ3) is 2.32. The van der Waals surface area contributed by atoms with Gasteiger partial charge in [0.2, 0.25) is 0 Å². The molecule has 1 rings (SSSR count). The van der Waals surface area contributed by atoms with Crippen molar-refractivity contribution in [1.82, 2.24) is 0 Å². The van der Waals surface area contributed by atoms with Crippen molar-refractivity contribution in [3.05, 3.63) is 27.7 Å². The first-order valence-corrected chi connectivity index (χ1v) is 4.94. The number of hydrogen-bond donors (Lipinski definition) is 1. The molecule has 2 N–H and O–H groups in total. The van der Waals surface area contributed by atoms with Gasteiger partial charge in [-0.1, -0.05) is 23.2 Å². The van der Waals surface area contributed by atoms with E-state index in [9.17, 15) is 0 Å². The number of rotatable bonds is 2. The van der Waals surface area contributed by atoms with Gasteiger partial charge in [-0.3, -0.25) is 0 Å². The zero-order valence-electron chi connectivity index (χ0n) is 8.40. The van der Waals surface area contributed by atoms with E-state index < -0.39 is 5.54 Å². The number of nitrogens with two attached hydrogens (primary N) is 1. The lowest BCUT2D eigenvalue weighted by atomic mass is 9.95. The van der Waals surface area contributed by atoms with Crippen LogP contribution < -0.4 is 10.5 Å². The topological polar surface area (TPSA) is 35.2 Å². The second-order valence-electron chi connectivity index (χ2n) is 3.69. The fraction of sp³-hybridized carbons (Fsp3) is 0.400. The highest BCUT2D eigenvalue weighted by Crippen LogP contribution is 2.35. The van der Waals surface area contributed by atoms with Crippen LogP contribution in [0.25, 0.3) is 0 Å². The molecule has 0 aliphatic heterocycles. The molecule has 4 heteroatoms. The SMILES string of the molecule is COc1cc(C(C)(C)N)c(Cl)cc1Cl. The third-order valence-corrected chi connectivity index (χ3v) is 2.54. The van der Waals surface area contributed by atoms with Gasteiger partial charge < -0.3 is 10.5 Å². The Hall–Kier alpha value is -0.440. The maximum absolute atomic E-state index is 6.02. The molecule has 0 saturated heterocycles. The summed E-state index contributed by atoms with van der Waals surface area (Å²) in [6, 6.07) is 3.41. The van der Waals surface area contributed by atoms with Crippen LogP contribution in [0.4, 0.5) is 0 Å². The minimum Gasteiger partial charge on any atom is -0.495 e. The molecule has 0 spiro atoms. The van der Waals surface area contributed by atoms with E-state index in [4.69, 9.17) is 33.7 Å². The van der Waals surface area contributed by atoms with Gasteiger partial charge in [0, 0.05) is 10.6 Å². The largest absolute Gasteiger partial charge is 0.495 e. The molecular formula is C10H13Cl2NO. The highest BCUT2D eigenvalue weighted by molar-refractivity contribution is 6.36. The van der Waals surface area contributed by atoms with Gasteiger partial charge in [0.1, 0.15) is 5.75 Å². The molecule has 0 aliphatic carbocycles. The minimum absolute atomic E-state index is 0.491. The van der Waals surface area contributed by atoms with E-state index in [2.05, 4.69) is 0 Å². The first kappa shape index (κ1) is 11.6. The molecule has 2 nitrogen and oxygen atoms in total. The van der Waals surface area contributed by atoms with Crippen LogP contribution in [0.2, 0.25) is 10.0 Å². The molecule has 0 atom stereocenters. The normalized spacial score (nSPS) is 11.6. The van der Waals surface area contributed by atoms with Gasteiger partial charge in [-0.2, -0.15) is 0 Å². The molecule has 0 aromatic heterocycles. The van der Waals surface area contributed by atoms with Crippen LogP contribution in [-0.4, -0.2) is 7.11 Å². The Balaban J connectivity index is 3.32. The Morgan fingerprint density at radius 3 is 2.21 bits per heavy atom. The predicted molar refractivity (Wildman–Crippen MR) is 60.2 cm³/mol.